The summed E-state index contributed by atoms with van der Waals surface area (Å²) in [6.07, 6.45) is 3.11. The van der Waals surface area contributed by atoms with Crippen LogP contribution >= 0.6 is 11.8 Å². The molecule has 1 aromatic heterocycles. The van der Waals surface area contributed by atoms with Crippen LogP contribution in [0.25, 0.3) is 10.9 Å². The molecule has 6 heteroatoms. The Bertz CT molecular complexity index is 739. The summed E-state index contributed by atoms with van der Waals surface area (Å²) in [6, 6.07) is 7.19. The molecule has 0 radical (unpaired) electrons. The number of aromatic amines is 1. The zero-order chi connectivity index (χ0) is 15.5. The number of carbonyl (C=O) groups is 1. The molecular weight excluding hydrogens is 300 g/mol. The van der Waals surface area contributed by atoms with Gasteiger partial charge < -0.3 is 9.72 Å². The van der Waals surface area contributed by atoms with Crippen LogP contribution in [0.4, 0.5) is 0 Å². The highest BCUT2D eigenvalue weighted by molar-refractivity contribution is 8.00. The third-order valence-corrected chi connectivity index (χ3v) is 4.72. The number of thioether (sulfide) groups is 1. The van der Waals surface area contributed by atoms with Gasteiger partial charge in [-0.25, -0.2) is 4.98 Å². The summed E-state index contributed by atoms with van der Waals surface area (Å²) in [5.74, 6) is 0.365. The number of ether oxygens (including phenoxy) is 1. The standard InChI is InChI=1S/C16H18N2O3S/c1-2-21-15(20)13(9-10-7-8-10)22-16-17-12-6-4-3-5-11(12)14(19)18-16/h3-6,10,13H,2,7-9H2,1H3,(H,17,18,19). The summed E-state index contributed by atoms with van der Waals surface area (Å²) in [7, 11) is 0. The van der Waals surface area contributed by atoms with Gasteiger partial charge in [-0.15, -0.1) is 0 Å². The molecule has 1 aliphatic carbocycles. The van der Waals surface area contributed by atoms with Gasteiger partial charge in [0, 0.05) is 0 Å². The van der Waals surface area contributed by atoms with Crippen LogP contribution in [0.3, 0.4) is 0 Å². The average molecular weight is 318 g/mol. The Morgan fingerprint density at radius 2 is 2.23 bits per heavy atom. The van der Waals surface area contributed by atoms with E-state index in [0.29, 0.717) is 28.6 Å². The van der Waals surface area contributed by atoms with E-state index in [2.05, 4.69) is 9.97 Å². The molecule has 0 bridgehead atoms. The molecule has 5 nitrogen and oxygen atoms in total. The van der Waals surface area contributed by atoms with Crippen LogP contribution < -0.4 is 5.56 Å². The first-order valence-corrected chi connectivity index (χ1v) is 8.37. The maximum absolute atomic E-state index is 12.1. The lowest BCUT2D eigenvalue weighted by Crippen LogP contribution is -2.22. The van der Waals surface area contributed by atoms with Crippen LogP contribution in [-0.4, -0.2) is 27.8 Å². The third kappa shape index (κ3) is 3.50. The summed E-state index contributed by atoms with van der Waals surface area (Å²) < 4.78 is 5.14. The molecule has 1 fully saturated rings. The van der Waals surface area contributed by atoms with Gasteiger partial charge in [0.15, 0.2) is 5.16 Å². The number of H-pyrrole nitrogens is 1. The third-order valence-electron chi connectivity index (χ3n) is 3.64. The van der Waals surface area contributed by atoms with Crippen LogP contribution in [0, 0.1) is 5.92 Å². The largest absolute Gasteiger partial charge is 0.465 e. The monoisotopic (exact) mass is 318 g/mol. The van der Waals surface area contributed by atoms with E-state index in [1.807, 2.05) is 6.07 Å². The molecule has 1 atom stereocenters. The Morgan fingerprint density at radius 3 is 2.95 bits per heavy atom. The normalized spacial score (nSPS) is 15.7. The zero-order valence-electron chi connectivity index (χ0n) is 12.4. The molecule has 22 heavy (non-hydrogen) atoms. The van der Waals surface area contributed by atoms with Crippen molar-refractivity contribution in [3.63, 3.8) is 0 Å². The Balaban J connectivity index is 1.85. The minimum atomic E-state index is -0.309. The van der Waals surface area contributed by atoms with Crippen molar-refractivity contribution in [2.45, 2.75) is 36.6 Å². The molecule has 0 amide bonds. The number of fused-ring (bicyclic) bond motifs is 1. The van der Waals surface area contributed by atoms with Crippen molar-refractivity contribution in [1.82, 2.24) is 9.97 Å². The summed E-state index contributed by atoms with van der Waals surface area (Å²) in [4.78, 5) is 31.4. The van der Waals surface area contributed by atoms with Crippen LogP contribution in [0.15, 0.2) is 34.2 Å². The van der Waals surface area contributed by atoms with E-state index in [9.17, 15) is 9.59 Å². The maximum atomic E-state index is 12.1. The molecule has 1 N–H and O–H groups in total. The lowest BCUT2D eigenvalue weighted by atomic mass is 10.2. The van der Waals surface area contributed by atoms with Gasteiger partial charge in [-0.05, 0) is 31.4 Å². The molecule has 116 valence electrons. The van der Waals surface area contributed by atoms with Crippen molar-refractivity contribution in [2.24, 2.45) is 5.92 Å². The Hall–Kier alpha value is -1.82. The smallest absolute Gasteiger partial charge is 0.319 e. The Morgan fingerprint density at radius 1 is 1.45 bits per heavy atom. The van der Waals surface area contributed by atoms with E-state index in [1.54, 1.807) is 25.1 Å². The number of hydrogen-bond donors (Lipinski definition) is 1. The highest BCUT2D eigenvalue weighted by Gasteiger charge is 2.31. The number of carbonyl (C=O) groups excluding carboxylic acids is 1. The quantitative estimate of drug-likeness (QED) is 0.504. The van der Waals surface area contributed by atoms with E-state index in [4.69, 9.17) is 4.74 Å². The molecule has 1 heterocycles. The van der Waals surface area contributed by atoms with Crippen LogP contribution in [0.5, 0.6) is 0 Å². The molecule has 1 unspecified atom stereocenters. The molecular formula is C16H18N2O3S. The zero-order valence-corrected chi connectivity index (χ0v) is 13.2. The number of benzene rings is 1. The summed E-state index contributed by atoms with van der Waals surface area (Å²) >= 11 is 1.29. The van der Waals surface area contributed by atoms with Gasteiger partial charge in [0.1, 0.15) is 5.25 Å². The molecule has 0 saturated heterocycles. The fourth-order valence-electron chi connectivity index (χ4n) is 2.34. The van der Waals surface area contributed by atoms with Gasteiger partial charge in [0.25, 0.3) is 5.56 Å². The molecule has 2 aromatic rings. The van der Waals surface area contributed by atoms with Crippen molar-refractivity contribution in [2.75, 3.05) is 6.61 Å². The Labute approximate surface area is 132 Å². The van der Waals surface area contributed by atoms with Gasteiger partial charge in [0.2, 0.25) is 0 Å². The highest BCUT2D eigenvalue weighted by atomic mass is 32.2. The number of para-hydroxylation sites is 1. The minimum absolute atomic E-state index is 0.179. The Kier molecular flexibility index (Phi) is 4.47. The molecule has 0 spiro atoms. The predicted molar refractivity (Wildman–Crippen MR) is 86.0 cm³/mol. The van der Waals surface area contributed by atoms with Crippen molar-refractivity contribution in [3.05, 3.63) is 34.6 Å². The fourth-order valence-corrected chi connectivity index (χ4v) is 3.44. The van der Waals surface area contributed by atoms with Crippen LogP contribution in [0.1, 0.15) is 26.2 Å². The van der Waals surface area contributed by atoms with Crippen molar-refractivity contribution in [1.29, 1.82) is 0 Å². The van der Waals surface area contributed by atoms with E-state index < -0.39 is 0 Å². The predicted octanol–water partition coefficient (Wildman–Crippen LogP) is 2.75. The number of nitrogens with zero attached hydrogens (tertiary/aromatic N) is 1. The maximum Gasteiger partial charge on any atom is 0.319 e. The number of rotatable bonds is 6. The van der Waals surface area contributed by atoms with Gasteiger partial charge in [-0.2, -0.15) is 0 Å². The number of aromatic nitrogens is 2. The summed E-state index contributed by atoms with van der Waals surface area (Å²) in [5.41, 5.74) is 0.463. The van der Waals surface area contributed by atoms with Gasteiger partial charge in [-0.1, -0.05) is 36.7 Å². The second kappa shape index (κ2) is 6.52. The lowest BCUT2D eigenvalue weighted by molar-refractivity contribution is -0.142. The number of nitrogens with one attached hydrogen (secondary N) is 1. The fraction of sp³-hybridized carbons (Fsp3) is 0.438. The molecule has 3 rings (SSSR count). The average Bonchev–Trinajstić information content (AvgIpc) is 3.31. The van der Waals surface area contributed by atoms with Gasteiger partial charge in [0.05, 0.1) is 17.5 Å². The van der Waals surface area contributed by atoms with Crippen LogP contribution in [0.2, 0.25) is 0 Å². The first kappa shape index (κ1) is 15.1. The van der Waals surface area contributed by atoms with Crippen molar-refractivity contribution < 1.29 is 9.53 Å². The first-order chi connectivity index (χ1) is 10.7. The molecule has 1 saturated carbocycles. The van der Waals surface area contributed by atoms with E-state index in [-0.39, 0.29) is 16.8 Å². The van der Waals surface area contributed by atoms with E-state index >= 15 is 0 Å². The number of hydrogen-bond acceptors (Lipinski definition) is 5. The second-order valence-electron chi connectivity index (χ2n) is 5.43. The minimum Gasteiger partial charge on any atom is -0.465 e. The number of esters is 1. The second-order valence-corrected chi connectivity index (χ2v) is 6.62. The van der Waals surface area contributed by atoms with Gasteiger partial charge in [-0.3, -0.25) is 9.59 Å². The SMILES string of the molecule is CCOC(=O)C(CC1CC1)Sc1nc2ccccc2c(=O)[nH]1. The summed E-state index contributed by atoms with van der Waals surface area (Å²) in [6.45, 7) is 2.16. The molecule has 1 aliphatic rings. The van der Waals surface area contributed by atoms with Crippen LogP contribution in [-0.2, 0) is 9.53 Å². The van der Waals surface area contributed by atoms with Crippen molar-refractivity contribution in [3.8, 4) is 0 Å². The summed E-state index contributed by atoms with van der Waals surface area (Å²) in [5, 5.41) is 0.723. The topological polar surface area (TPSA) is 72.0 Å². The molecule has 0 aliphatic heterocycles. The first-order valence-electron chi connectivity index (χ1n) is 7.49. The highest BCUT2D eigenvalue weighted by Crippen LogP contribution is 2.38. The lowest BCUT2D eigenvalue weighted by Gasteiger charge is -2.14. The van der Waals surface area contributed by atoms with E-state index in [1.165, 1.54) is 11.8 Å². The van der Waals surface area contributed by atoms with Crippen molar-refractivity contribution >= 4 is 28.6 Å². The van der Waals surface area contributed by atoms with E-state index in [0.717, 1.165) is 19.3 Å². The molecule has 1 aromatic carbocycles. The van der Waals surface area contributed by atoms with Gasteiger partial charge >= 0.3 is 5.97 Å².